The molecule has 1 aromatic rings. The number of nitrogens with zero attached hydrogens (tertiary/aromatic N) is 2. The van der Waals surface area contributed by atoms with E-state index in [9.17, 15) is 9.59 Å². The van der Waals surface area contributed by atoms with Gasteiger partial charge in [-0.1, -0.05) is 17.7 Å². The Morgan fingerprint density at radius 2 is 1.65 bits per heavy atom. The molecule has 1 aliphatic heterocycles. The van der Waals surface area contributed by atoms with E-state index >= 15 is 0 Å². The monoisotopic (exact) mass is 275 g/mol. The van der Waals surface area contributed by atoms with Gasteiger partial charge >= 0.3 is 6.03 Å². The predicted octanol–water partition coefficient (Wildman–Crippen LogP) is 1.92. The maximum Gasteiger partial charge on any atom is 0.321 e. The predicted molar refractivity (Wildman–Crippen MR) is 78.9 cm³/mol. The van der Waals surface area contributed by atoms with Gasteiger partial charge in [0.25, 0.3) is 0 Å². The third kappa shape index (κ3) is 3.10. The van der Waals surface area contributed by atoms with Crippen LogP contribution in [-0.4, -0.2) is 48.4 Å². The van der Waals surface area contributed by atoms with Gasteiger partial charge in [-0.15, -0.1) is 0 Å². The summed E-state index contributed by atoms with van der Waals surface area (Å²) >= 11 is 0. The molecule has 1 fully saturated rings. The summed E-state index contributed by atoms with van der Waals surface area (Å²) in [6, 6.07) is 4.03. The van der Waals surface area contributed by atoms with E-state index < -0.39 is 0 Å². The van der Waals surface area contributed by atoms with Crippen molar-refractivity contribution >= 4 is 18.1 Å². The van der Waals surface area contributed by atoms with Crippen LogP contribution in [0.2, 0.25) is 0 Å². The number of carbonyl (C=O) groups excluding carboxylic acids is 2. The summed E-state index contributed by atoms with van der Waals surface area (Å²) in [7, 11) is 0. The van der Waals surface area contributed by atoms with Crippen molar-refractivity contribution in [3.05, 3.63) is 28.8 Å². The molecule has 0 aromatic heterocycles. The smallest absolute Gasteiger partial charge is 0.321 e. The minimum absolute atomic E-state index is 0.0920. The highest BCUT2D eigenvalue weighted by atomic mass is 16.2. The molecule has 0 radical (unpaired) electrons. The number of rotatable bonds is 2. The zero-order valence-corrected chi connectivity index (χ0v) is 12.3. The molecule has 5 heteroatoms. The maximum absolute atomic E-state index is 12.3. The molecule has 1 saturated heterocycles. The van der Waals surface area contributed by atoms with Crippen LogP contribution >= 0.6 is 0 Å². The van der Waals surface area contributed by atoms with E-state index in [0.29, 0.717) is 26.2 Å². The van der Waals surface area contributed by atoms with Gasteiger partial charge in [0.1, 0.15) is 0 Å². The molecule has 1 heterocycles. The number of nitrogens with one attached hydrogen (secondary N) is 1. The number of aryl methyl sites for hydroxylation is 3. The molecule has 0 spiro atoms. The van der Waals surface area contributed by atoms with Crippen molar-refractivity contribution in [1.29, 1.82) is 0 Å². The first-order valence-corrected chi connectivity index (χ1v) is 6.84. The molecule has 0 bridgehead atoms. The molecule has 108 valence electrons. The van der Waals surface area contributed by atoms with Gasteiger partial charge in [-0.2, -0.15) is 0 Å². The first-order valence-electron chi connectivity index (χ1n) is 6.84. The minimum atomic E-state index is -0.0920. The fraction of sp³-hybridized carbons (Fsp3) is 0.467. The van der Waals surface area contributed by atoms with Crippen LogP contribution in [0.15, 0.2) is 12.1 Å². The zero-order chi connectivity index (χ0) is 14.7. The summed E-state index contributed by atoms with van der Waals surface area (Å²) < 4.78 is 0. The molecule has 5 nitrogen and oxygen atoms in total. The first kappa shape index (κ1) is 14.4. The summed E-state index contributed by atoms with van der Waals surface area (Å²) in [6.07, 6.45) is 0.837. The first-order chi connectivity index (χ1) is 9.51. The van der Waals surface area contributed by atoms with Gasteiger partial charge in [0.2, 0.25) is 6.41 Å². The number of carbonyl (C=O) groups is 2. The number of anilines is 1. The van der Waals surface area contributed by atoms with Crippen LogP contribution in [0.3, 0.4) is 0 Å². The quantitative estimate of drug-likeness (QED) is 0.838. The Bertz CT molecular complexity index is 497. The third-order valence-corrected chi connectivity index (χ3v) is 3.66. The summed E-state index contributed by atoms with van der Waals surface area (Å²) in [5, 5.41) is 2.99. The molecular formula is C15H21N3O2. The van der Waals surface area contributed by atoms with E-state index in [1.807, 2.05) is 20.8 Å². The second-order valence-corrected chi connectivity index (χ2v) is 5.33. The topological polar surface area (TPSA) is 52.7 Å². The molecule has 0 aliphatic carbocycles. The van der Waals surface area contributed by atoms with Crippen molar-refractivity contribution in [2.24, 2.45) is 0 Å². The van der Waals surface area contributed by atoms with Crippen LogP contribution in [0.1, 0.15) is 16.7 Å². The molecule has 1 N–H and O–H groups in total. The van der Waals surface area contributed by atoms with Crippen LogP contribution in [0.25, 0.3) is 0 Å². The number of hydrogen-bond donors (Lipinski definition) is 1. The molecule has 2 rings (SSSR count). The SMILES string of the molecule is Cc1cc(C)c(NC(=O)N2CCN(C=O)CC2)c(C)c1. The molecule has 20 heavy (non-hydrogen) atoms. The van der Waals surface area contributed by atoms with Crippen LogP contribution in [0.5, 0.6) is 0 Å². The second-order valence-electron chi connectivity index (χ2n) is 5.33. The van der Waals surface area contributed by atoms with Crippen LogP contribution in [-0.2, 0) is 4.79 Å². The molecular weight excluding hydrogens is 254 g/mol. The Morgan fingerprint density at radius 1 is 1.10 bits per heavy atom. The molecule has 0 unspecified atom stereocenters. The Morgan fingerprint density at radius 3 is 2.15 bits per heavy atom. The Labute approximate surface area is 119 Å². The van der Waals surface area contributed by atoms with Gasteiger partial charge in [-0.3, -0.25) is 4.79 Å². The van der Waals surface area contributed by atoms with Gasteiger partial charge in [-0.05, 0) is 31.9 Å². The lowest BCUT2D eigenvalue weighted by Gasteiger charge is -2.32. The average molecular weight is 275 g/mol. The van der Waals surface area contributed by atoms with E-state index in [0.717, 1.165) is 23.2 Å². The van der Waals surface area contributed by atoms with Gasteiger partial charge in [-0.25, -0.2) is 4.79 Å². The second kappa shape index (κ2) is 5.94. The minimum Gasteiger partial charge on any atom is -0.342 e. The van der Waals surface area contributed by atoms with Crippen molar-refractivity contribution in [2.75, 3.05) is 31.5 Å². The fourth-order valence-corrected chi connectivity index (χ4v) is 2.59. The van der Waals surface area contributed by atoms with Crippen molar-refractivity contribution < 1.29 is 9.59 Å². The summed E-state index contributed by atoms with van der Waals surface area (Å²) in [4.78, 5) is 26.4. The molecule has 0 atom stereocenters. The van der Waals surface area contributed by atoms with Crippen molar-refractivity contribution in [3.63, 3.8) is 0 Å². The van der Waals surface area contributed by atoms with Gasteiger partial charge in [0.05, 0.1) is 0 Å². The normalized spacial score (nSPS) is 15.2. The van der Waals surface area contributed by atoms with E-state index in [-0.39, 0.29) is 6.03 Å². The highest BCUT2D eigenvalue weighted by Crippen LogP contribution is 2.22. The maximum atomic E-state index is 12.3. The summed E-state index contributed by atoms with van der Waals surface area (Å²) in [5.41, 5.74) is 4.22. The number of urea groups is 1. The average Bonchev–Trinajstić information content (AvgIpc) is 2.42. The van der Waals surface area contributed by atoms with E-state index in [2.05, 4.69) is 17.4 Å². The van der Waals surface area contributed by atoms with Gasteiger partial charge in [0, 0.05) is 31.9 Å². The lowest BCUT2D eigenvalue weighted by atomic mass is 10.1. The van der Waals surface area contributed by atoms with Crippen molar-refractivity contribution in [1.82, 2.24) is 9.80 Å². The number of piperazine rings is 1. The molecule has 1 aromatic carbocycles. The third-order valence-electron chi connectivity index (χ3n) is 3.66. The Balaban J connectivity index is 2.04. The lowest BCUT2D eigenvalue weighted by molar-refractivity contribution is -0.119. The van der Waals surface area contributed by atoms with Crippen LogP contribution < -0.4 is 5.32 Å². The number of hydrogen-bond acceptors (Lipinski definition) is 2. The van der Waals surface area contributed by atoms with Gasteiger partial charge < -0.3 is 15.1 Å². The van der Waals surface area contributed by atoms with E-state index in [1.54, 1.807) is 9.80 Å². The lowest BCUT2D eigenvalue weighted by Crippen LogP contribution is -2.49. The number of benzene rings is 1. The van der Waals surface area contributed by atoms with Crippen LogP contribution in [0.4, 0.5) is 10.5 Å². The highest BCUT2D eigenvalue weighted by molar-refractivity contribution is 5.91. The molecule has 0 saturated carbocycles. The zero-order valence-electron chi connectivity index (χ0n) is 12.3. The standard InChI is InChI=1S/C15H21N3O2/c1-11-8-12(2)14(13(3)9-11)16-15(20)18-6-4-17(10-19)5-7-18/h8-10H,4-7H2,1-3H3,(H,16,20). The van der Waals surface area contributed by atoms with E-state index in [4.69, 9.17) is 0 Å². The van der Waals surface area contributed by atoms with E-state index in [1.165, 1.54) is 5.56 Å². The molecule has 1 aliphatic rings. The highest BCUT2D eigenvalue weighted by Gasteiger charge is 2.20. The Hall–Kier alpha value is -2.04. The summed E-state index contributed by atoms with van der Waals surface area (Å²) in [5.74, 6) is 0. The molecule has 3 amide bonds. The van der Waals surface area contributed by atoms with Crippen molar-refractivity contribution in [3.8, 4) is 0 Å². The summed E-state index contributed by atoms with van der Waals surface area (Å²) in [6.45, 7) is 8.40. The van der Waals surface area contributed by atoms with Crippen molar-refractivity contribution in [2.45, 2.75) is 20.8 Å². The van der Waals surface area contributed by atoms with Crippen LogP contribution in [0, 0.1) is 20.8 Å². The largest absolute Gasteiger partial charge is 0.342 e. The number of amides is 3. The van der Waals surface area contributed by atoms with Gasteiger partial charge in [0.15, 0.2) is 0 Å². The Kier molecular flexibility index (Phi) is 4.27. The fourth-order valence-electron chi connectivity index (χ4n) is 2.59.